The molecule has 2 aromatic carbocycles. The Labute approximate surface area is 243 Å². The topological polar surface area (TPSA) is 114 Å². The third kappa shape index (κ3) is 15.0. The molecule has 0 fully saturated rings. The Morgan fingerprint density at radius 2 is 1.31 bits per heavy atom. The Bertz CT molecular complexity index is 1090. The molecule has 0 saturated carbocycles. The number of carbonyl (C=O) groups is 2. The SMILES string of the molecule is CC(C)(C)OC(=O)NCCOCCOCCOCCOCCOC(=O)c1ccccc1Nc1cccc(C(F)(F)F)c1. The molecule has 2 N–H and O–H groups in total. The number of nitrogens with one attached hydrogen (secondary N) is 2. The van der Waals surface area contributed by atoms with Crippen LogP contribution in [0.3, 0.4) is 0 Å². The van der Waals surface area contributed by atoms with Gasteiger partial charge in [-0.3, -0.25) is 0 Å². The largest absolute Gasteiger partial charge is 0.460 e. The summed E-state index contributed by atoms with van der Waals surface area (Å²) in [5.41, 5.74) is -0.648. The maximum Gasteiger partial charge on any atom is 0.416 e. The molecule has 2 aromatic rings. The zero-order chi connectivity index (χ0) is 30.8. The van der Waals surface area contributed by atoms with Crippen molar-refractivity contribution in [1.82, 2.24) is 5.32 Å². The van der Waals surface area contributed by atoms with Gasteiger partial charge in [0, 0.05) is 12.2 Å². The van der Waals surface area contributed by atoms with E-state index in [2.05, 4.69) is 10.6 Å². The number of benzene rings is 2. The summed E-state index contributed by atoms with van der Waals surface area (Å²) >= 11 is 0. The monoisotopic (exact) mass is 600 g/mol. The molecule has 2 rings (SSSR count). The average Bonchev–Trinajstić information content (AvgIpc) is 2.91. The van der Waals surface area contributed by atoms with E-state index in [1.54, 1.807) is 39.0 Å². The number of anilines is 2. The van der Waals surface area contributed by atoms with E-state index < -0.39 is 29.4 Å². The quantitative estimate of drug-likeness (QED) is 0.176. The lowest BCUT2D eigenvalue weighted by Crippen LogP contribution is -2.34. The minimum atomic E-state index is -4.48. The van der Waals surface area contributed by atoms with Gasteiger partial charge in [0.15, 0.2) is 0 Å². The summed E-state index contributed by atoms with van der Waals surface area (Å²) in [7, 11) is 0. The summed E-state index contributed by atoms with van der Waals surface area (Å²) in [4.78, 5) is 24.0. The van der Waals surface area contributed by atoms with Crippen LogP contribution in [-0.2, 0) is 34.6 Å². The van der Waals surface area contributed by atoms with Crippen molar-refractivity contribution in [3.63, 3.8) is 0 Å². The fourth-order valence-electron chi connectivity index (χ4n) is 3.27. The second-order valence-corrected chi connectivity index (χ2v) is 9.76. The van der Waals surface area contributed by atoms with Crippen LogP contribution in [-0.4, -0.2) is 83.7 Å². The molecule has 10 nitrogen and oxygen atoms in total. The molecule has 0 spiro atoms. The number of para-hydroxylation sites is 1. The van der Waals surface area contributed by atoms with Gasteiger partial charge < -0.3 is 39.1 Å². The fraction of sp³-hybridized carbons (Fsp3) is 0.517. The Balaban J connectivity index is 1.49. The summed E-state index contributed by atoms with van der Waals surface area (Å²) in [5, 5.41) is 5.44. The minimum Gasteiger partial charge on any atom is -0.460 e. The molecule has 0 saturated heterocycles. The lowest BCUT2D eigenvalue weighted by molar-refractivity contribution is -0.137. The molecular formula is C29H39F3N2O8. The number of hydrogen-bond acceptors (Lipinski definition) is 9. The molecule has 0 heterocycles. The molecule has 1 amide bonds. The van der Waals surface area contributed by atoms with Crippen molar-refractivity contribution in [3.05, 3.63) is 59.7 Å². The minimum absolute atomic E-state index is 0.00681. The van der Waals surface area contributed by atoms with Gasteiger partial charge in [0.25, 0.3) is 0 Å². The van der Waals surface area contributed by atoms with E-state index in [0.29, 0.717) is 58.5 Å². The first-order chi connectivity index (χ1) is 20.0. The number of ether oxygens (including phenoxy) is 6. The van der Waals surface area contributed by atoms with Gasteiger partial charge in [-0.25, -0.2) is 9.59 Å². The Morgan fingerprint density at radius 3 is 1.90 bits per heavy atom. The number of esters is 1. The van der Waals surface area contributed by atoms with Crippen LogP contribution in [0, 0.1) is 0 Å². The molecule has 0 aliphatic carbocycles. The second kappa shape index (κ2) is 18.2. The third-order valence-corrected chi connectivity index (χ3v) is 5.11. The highest BCUT2D eigenvalue weighted by atomic mass is 19.4. The van der Waals surface area contributed by atoms with Crippen LogP contribution >= 0.6 is 0 Å². The van der Waals surface area contributed by atoms with E-state index in [0.717, 1.165) is 12.1 Å². The first-order valence-corrected chi connectivity index (χ1v) is 13.4. The molecule has 0 unspecified atom stereocenters. The van der Waals surface area contributed by atoms with Gasteiger partial charge in [-0.2, -0.15) is 13.2 Å². The molecule has 0 aromatic heterocycles. The van der Waals surface area contributed by atoms with Gasteiger partial charge in [-0.1, -0.05) is 18.2 Å². The predicted molar refractivity (Wildman–Crippen MR) is 149 cm³/mol. The number of amides is 1. The lowest BCUT2D eigenvalue weighted by Gasteiger charge is -2.19. The molecule has 0 aliphatic heterocycles. The Hall–Kier alpha value is -3.39. The van der Waals surface area contributed by atoms with Gasteiger partial charge in [0.1, 0.15) is 12.2 Å². The predicted octanol–water partition coefficient (Wildman–Crippen LogP) is 5.20. The van der Waals surface area contributed by atoms with Crippen LogP contribution in [0.1, 0.15) is 36.7 Å². The van der Waals surface area contributed by atoms with Gasteiger partial charge in [-0.15, -0.1) is 0 Å². The molecule has 0 atom stereocenters. The summed E-state index contributed by atoms with van der Waals surface area (Å²) < 4.78 is 70.9. The summed E-state index contributed by atoms with van der Waals surface area (Å²) in [5.74, 6) is -0.634. The maximum absolute atomic E-state index is 13.0. The normalized spacial score (nSPS) is 11.7. The summed E-state index contributed by atoms with van der Waals surface area (Å²) in [6.07, 6.45) is -4.96. The van der Waals surface area contributed by atoms with E-state index in [4.69, 9.17) is 28.4 Å². The van der Waals surface area contributed by atoms with E-state index in [-0.39, 0.29) is 24.5 Å². The van der Waals surface area contributed by atoms with Crippen molar-refractivity contribution in [3.8, 4) is 0 Å². The second-order valence-electron chi connectivity index (χ2n) is 9.76. The van der Waals surface area contributed by atoms with Gasteiger partial charge >= 0.3 is 18.2 Å². The van der Waals surface area contributed by atoms with Crippen molar-refractivity contribution in [2.45, 2.75) is 32.5 Å². The van der Waals surface area contributed by atoms with Crippen LogP contribution in [0.15, 0.2) is 48.5 Å². The molecule has 0 radical (unpaired) electrons. The highest BCUT2D eigenvalue weighted by Gasteiger charge is 2.30. The van der Waals surface area contributed by atoms with Crippen LogP contribution < -0.4 is 10.6 Å². The first-order valence-electron chi connectivity index (χ1n) is 13.4. The summed E-state index contributed by atoms with van der Waals surface area (Å²) in [6.45, 7) is 8.32. The molecule has 42 heavy (non-hydrogen) atoms. The molecule has 13 heteroatoms. The zero-order valence-electron chi connectivity index (χ0n) is 24.1. The molecular weight excluding hydrogens is 561 g/mol. The third-order valence-electron chi connectivity index (χ3n) is 5.11. The van der Waals surface area contributed by atoms with Gasteiger partial charge in [0.05, 0.1) is 69.7 Å². The van der Waals surface area contributed by atoms with E-state index in [1.807, 2.05) is 0 Å². The first kappa shape index (κ1) is 34.8. The van der Waals surface area contributed by atoms with Crippen LogP contribution in [0.4, 0.5) is 29.3 Å². The van der Waals surface area contributed by atoms with Crippen LogP contribution in [0.5, 0.6) is 0 Å². The van der Waals surface area contributed by atoms with Crippen molar-refractivity contribution in [1.29, 1.82) is 0 Å². The van der Waals surface area contributed by atoms with Crippen LogP contribution in [0.25, 0.3) is 0 Å². The van der Waals surface area contributed by atoms with Crippen molar-refractivity contribution in [2.75, 3.05) is 71.3 Å². The number of alkyl carbamates (subject to hydrolysis) is 1. The zero-order valence-corrected chi connectivity index (χ0v) is 24.1. The Kier molecular flexibility index (Phi) is 15.1. The lowest BCUT2D eigenvalue weighted by atomic mass is 10.1. The van der Waals surface area contributed by atoms with Crippen molar-refractivity contribution >= 4 is 23.4 Å². The molecule has 0 aliphatic rings. The standard InChI is InChI=1S/C29H39F3N2O8/c1-28(2,3)42-27(36)33-11-12-37-13-14-38-15-16-39-17-18-40-19-20-41-26(35)24-9-4-5-10-25(24)34-23-8-6-7-22(21-23)29(30,31)32/h4-10,21,34H,11-20H2,1-3H3,(H,33,36). The number of carbonyl (C=O) groups excluding carboxylic acids is 2. The number of halogens is 3. The van der Waals surface area contributed by atoms with Crippen molar-refractivity contribution < 1.29 is 51.2 Å². The van der Waals surface area contributed by atoms with Crippen LogP contribution in [0.2, 0.25) is 0 Å². The van der Waals surface area contributed by atoms with E-state index in [1.165, 1.54) is 18.2 Å². The number of alkyl halides is 3. The van der Waals surface area contributed by atoms with Crippen molar-refractivity contribution in [2.24, 2.45) is 0 Å². The smallest absolute Gasteiger partial charge is 0.416 e. The van der Waals surface area contributed by atoms with Gasteiger partial charge in [0.2, 0.25) is 0 Å². The molecule has 0 bridgehead atoms. The van der Waals surface area contributed by atoms with Gasteiger partial charge in [-0.05, 0) is 51.1 Å². The number of rotatable bonds is 18. The highest BCUT2D eigenvalue weighted by molar-refractivity contribution is 5.96. The molecule has 234 valence electrons. The number of hydrogen-bond donors (Lipinski definition) is 2. The van der Waals surface area contributed by atoms with E-state index in [9.17, 15) is 22.8 Å². The van der Waals surface area contributed by atoms with E-state index >= 15 is 0 Å². The highest BCUT2D eigenvalue weighted by Crippen LogP contribution is 2.32. The average molecular weight is 601 g/mol. The fourth-order valence-corrected chi connectivity index (χ4v) is 3.27. The maximum atomic E-state index is 13.0. The Morgan fingerprint density at radius 1 is 0.738 bits per heavy atom. The summed E-state index contributed by atoms with van der Waals surface area (Å²) in [6, 6.07) is 11.1.